The van der Waals surface area contributed by atoms with Gasteiger partial charge in [0.05, 0.1) is 19.3 Å². The van der Waals surface area contributed by atoms with Crippen molar-refractivity contribution in [3.05, 3.63) is 35.1 Å². The molecule has 0 unspecified atom stereocenters. The minimum atomic E-state index is -1.17. The van der Waals surface area contributed by atoms with Crippen LogP contribution in [-0.4, -0.2) is 19.8 Å². The van der Waals surface area contributed by atoms with Gasteiger partial charge in [-0.2, -0.15) is 0 Å². The summed E-state index contributed by atoms with van der Waals surface area (Å²) in [6.07, 6.45) is 0. The van der Waals surface area contributed by atoms with E-state index in [0.29, 0.717) is 19.2 Å². The van der Waals surface area contributed by atoms with Gasteiger partial charge in [-0.05, 0) is 6.07 Å². The second kappa shape index (κ2) is 5.52. The first-order chi connectivity index (χ1) is 7.18. The van der Waals surface area contributed by atoms with Crippen LogP contribution in [-0.2, 0) is 4.74 Å². The lowest BCUT2D eigenvalue weighted by Crippen LogP contribution is -2.35. The van der Waals surface area contributed by atoms with Crippen LogP contribution in [0.25, 0.3) is 0 Å². The molecule has 1 heterocycles. The molecule has 0 saturated carbocycles. The third-order valence-electron chi connectivity index (χ3n) is 2.34. The average molecular weight is 254 g/mol. The average Bonchev–Trinajstić information content (AvgIpc) is 2.25. The van der Waals surface area contributed by atoms with Gasteiger partial charge in [0.25, 0.3) is 0 Å². The number of halogens is 4. The molecule has 0 radical (unpaired) electrons. The van der Waals surface area contributed by atoms with Crippen LogP contribution in [0.1, 0.15) is 11.6 Å². The van der Waals surface area contributed by atoms with Gasteiger partial charge in [-0.15, -0.1) is 12.4 Å². The summed E-state index contributed by atoms with van der Waals surface area (Å²) in [5.74, 6) is -2.97. The van der Waals surface area contributed by atoms with E-state index in [1.54, 1.807) is 0 Å². The zero-order valence-electron chi connectivity index (χ0n) is 8.30. The minimum Gasteiger partial charge on any atom is -0.378 e. The molecular weight excluding hydrogens is 243 g/mol. The van der Waals surface area contributed by atoms with Gasteiger partial charge in [-0.25, -0.2) is 13.2 Å². The quantitative estimate of drug-likeness (QED) is 0.775. The zero-order chi connectivity index (χ0) is 10.8. The van der Waals surface area contributed by atoms with Crippen molar-refractivity contribution in [1.82, 2.24) is 5.32 Å². The van der Waals surface area contributed by atoms with E-state index in [9.17, 15) is 13.2 Å². The molecule has 0 bridgehead atoms. The summed E-state index contributed by atoms with van der Waals surface area (Å²) in [4.78, 5) is 0. The monoisotopic (exact) mass is 253 g/mol. The van der Waals surface area contributed by atoms with Crippen molar-refractivity contribution in [3.8, 4) is 0 Å². The molecule has 1 aliphatic heterocycles. The first-order valence-corrected chi connectivity index (χ1v) is 4.64. The van der Waals surface area contributed by atoms with E-state index in [1.807, 2.05) is 0 Å². The Morgan fingerprint density at radius 3 is 2.44 bits per heavy atom. The maximum atomic E-state index is 13.3. The standard InChI is InChI=1S/C10H10F3NO.ClH/c11-7-4-9(13)8(12)3-6(7)10-5-15-2-1-14-10;/h3-4,10,14H,1-2,5H2;1H/t10-;/m0./s1. The van der Waals surface area contributed by atoms with Gasteiger partial charge in [-0.1, -0.05) is 0 Å². The van der Waals surface area contributed by atoms with Crippen molar-refractivity contribution in [3.63, 3.8) is 0 Å². The summed E-state index contributed by atoms with van der Waals surface area (Å²) in [6, 6.07) is 1.02. The summed E-state index contributed by atoms with van der Waals surface area (Å²) in [5, 5.41) is 2.97. The topological polar surface area (TPSA) is 21.3 Å². The van der Waals surface area contributed by atoms with Crippen molar-refractivity contribution in [1.29, 1.82) is 0 Å². The van der Waals surface area contributed by atoms with Gasteiger partial charge in [-0.3, -0.25) is 0 Å². The van der Waals surface area contributed by atoms with Crippen LogP contribution in [0.15, 0.2) is 12.1 Å². The lowest BCUT2D eigenvalue weighted by Gasteiger charge is -2.24. The highest BCUT2D eigenvalue weighted by Gasteiger charge is 2.20. The van der Waals surface area contributed by atoms with E-state index in [4.69, 9.17) is 4.74 Å². The molecule has 1 atom stereocenters. The molecule has 0 aromatic heterocycles. The second-order valence-corrected chi connectivity index (χ2v) is 3.37. The van der Waals surface area contributed by atoms with Gasteiger partial charge >= 0.3 is 0 Å². The number of morpholine rings is 1. The van der Waals surface area contributed by atoms with Crippen LogP contribution in [0.3, 0.4) is 0 Å². The lowest BCUT2D eigenvalue weighted by molar-refractivity contribution is 0.0756. The zero-order valence-corrected chi connectivity index (χ0v) is 9.12. The molecule has 0 amide bonds. The number of benzene rings is 1. The van der Waals surface area contributed by atoms with Crippen LogP contribution < -0.4 is 5.32 Å². The van der Waals surface area contributed by atoms with E-state index >= 15 is 0 Å². The van der Waals surface area contributed by atoms with Crippen LogP contribution in [0, 0.1) is 17.5 Å². The molecule has 2 nitrogen and oxygen atoms in total. The molecule has 1 aliphatic rings. The molecule has 16 heavy (non-hydrogen) atoms. The Bertz CT molecular complexity index is 369. The predicted molar refractivity (Wildman–Crippen MR) is 55.1 cm³/mol. The summed E-state index contributed by atoms with van der Waals surface area (Å²) in [7, 11) is 0. The Kier molecular flexibility index (Phi) is 4.58. The molecule has 2 rings (SSSR count). The number of hydrogen-bond acceptors (Lipinski definition) is 2. The first kappa shape index (κ1) is 13.3. The maximum Gasteiger partial charge on any atom is 0.161 e. The van der Waals surface area contributed by atoms with Gasteiger partial charge < -0.3 is 10.1 Å². The smallest absolute Gasteiger partial charge is 0.161 e. The third-order valence-corrected chi connectivity index (χ3v) is 2.34. The van der Waals surface area contributed by atoms with Gasteiger partial charge in [0.2, 0.25) is 0 Å². The van der Waals surface area contributed by atoms with Gasteiger partial charge in [0.1, 0.15) is 5.82 Å². The van der Waals surface area contributed by atoms with Crippen molar-refractivity contribution < 1.29 is 17.9 Å². The Morgan fingerprint density at radius 1 is 1.12 bits per heavy atom. The van der Waals surface area contributed by atoms with Gasteiger partial charge in [0, 0.05) is 18.2 Å². The lowest BCUT2D eigenvalue weighted by atomic mass is 10.1. The molecule has 1 saturated heterocycles. The van der Waals surface area contributed by atoms with E-state index in [0.717, 1.165) is 6.07 Å². The molecular formula is C10H11ClF3NO. The highest BCUT2D eigenvalue weighted by Crippen LogP contribution is 2.21. The molecule has 1 fully saturated rings. The fourth-order valence-corrected chi connectivity index (χ4v) is 1.57. The SMILES string of the molecule is Cl.Fc1cc(F)c([C@@H]2COCCN2)cc1F. The van der Waals surface area contributed by atoms with E-state index in [1.165, 1.54) is 0 Å². The normalized spacial score (nSPS) is 20.3. The number of ether oxygens (including phenoxy) is 1. The summed E-state index contributed by atoms with van der Waals surface area (Å²) >= 11 is 0. The van der Waals surface area contributed by atoms with Crippen LogP contribution >= 0.6 is 12.4 Å². The maximum absolute atomic E-state index is 13.3. The molecule has 6 heteroatoms. The van der Waals surface area contributed by atoms with Crippen LogP contribution in [0.2, 0.25) is 0 Å². The fourth-order valence-electron chi connectivity index (χ4n) is 1.57. The molecule has 0 aliphatic carbocycles. The first-order valence-electron chi connectivity index (χ1n) is 4.64. The summed E-state index contributed by atoms with van der Waals surface area (Å²) < 4.78 is 44.0. The largest absolute Gasteiger partial charge is 0.378 e. The highest BCUT2D eigenvalue weighted by molar-refractivity contribution is 5.85. The number of nitrogens with one attached hydrogen (secondary N) is 1. The Hall–Kier alpha value is -0.780. The van der Waals surface area contributed by atoms with Crippen molar-refractivity contribution in [2.45, 2.75) is 6.04 Å². The van der Waals surface area contributed by atoms with E-state index < -0.39 is 23.5 Å². The van der Waals surface area contributed by atoms with Crippen LogP contribution in [0.4, 0.5) is 13.2 Å². The minimum absolute atomic E-state index is 0. The fraction of sp³-hybridized carbons (Fsp3) is 0.400. The van der Waals surface area contributed by atoms with Crippen LogP contribution in [0.5, 0.6) is 0 Å². The third kappa shape index (κ3) is 2.66. The Morgan fingerprint density at radius 2 is 1.81 bits per heavy atom. The molecule has 0 spiro atoms. The van der Waals surface area contributed by atoms with Crippen molar-refractivity contribution in [2.24, 2.45) is 0 Å². The molecule has 1 N–H and O–H groups in total. The number of rotatable bonds is 1. The molecule has 1 aromatic rings. The van der Waals surface area contributed by atoms with E-state index in [-0.39, 0.29) is 24.6 Å². The molecule has 1 aromatic carbocycles. The van der Waals surface area contributed by atoms with Crippen molar-refractivity contribution >= 4 is 12.4 Å². The summed E-state index contributed by atoms with van der Waals surface area (Å²) in [5.41, 5.74) is 0.105. The van der Waals surface area contributed by atoms with E-state index in [2.05, 4.69) is 5.32 Å². The Balaban J connectivity index is 0.00000128. The van der Waals surface area contributed by atoms with Gasteiger partial charge in [0.15, 0.2) is 11.6 Å². The Labute approximate surface area is 97.2 Å². The molecule has 90 valence electrons. The number of hydrogen-bond donors (Lipinski definition) is 1. The second-order valence-electron chi connectivity index (χ2n) is 3.37. The summed E-state index contributed by atoms with van der Waals surface area (Å²) in [6.45, 7) is 1.38. The predicted octanol–water partition coefficient (Wildman–Crippen LogP) is 2.19. The highest BCUT2D eigenvalue weighted by atomic mass is 35.5. The van der Waals surface area contributed by atoms with Crippen molar-refractivity contribution in [2.75, 3.05) is 19.8 Å².